The van der Waals surface area contributed by atoms with Crippen molar-refractivity contribution in [1.82, 2.24) is 9.88 Å². The van der Waals surface area contributed by atoms with Crippen LogP contribution in [-0.2, 0) is 11.2 Å². The molecule has 0 saturated heterocycles. The Morgan fingerprint density at radius 2 is 1.90 bits per heavy atom. The minimum absolute atomic E-state index is 0.0993. The lowest BCUT2D eigenvalue weighted by molar-refractivity contribution is -0.117. The number of aliphatic hydroxyl groups is 1. The first kappa shape index (κ1) is 20.3. The topological polar surface area (TPSA) is 68.7 Å². The van der Waals surface area contributed by atoms with Gasteiger partial charge in [-0.1, -0.05) is 48.5 Å². The third-order valence-corrected chi connectivity index (χ3v) is 5.98. The van der Waals surface area contributed by atoms with Gasteiger partial charge in [0.25, 0.3) is 0 Å². The van der Waals surface area contributed by atoms with Crippen LogP contribution in [0.5, 0.6) is 0 Å². The molecule has 30 heavy (non-hydrogen) atoms. The van der Waals surface area contributed by atoms with E-state index >= 15 is 0 Å². The van der Waals surface area contributed by atoms with E-state index in [0.29, 0.717) is 0 Å². The van der Waals surface area contributed by atoms with Gasteiger partial charge in [-0.3, -0.25) is 9.69 Å². The van der Waals surface area contributed by atoms with Gasteiger partial charge in [0, 0.05) is 30.6 Å². The van der Waals surface area contributed by atoms with Crippen LogP contribution in [0.3, 0.4) is 0 Å². The molecule has 4 rings (SSSR count). The van der Waals surface area contributed by atoms with Gasteiger partial charge >= 0.3 is 0 Å². The second kappa shape index (κ2) is 8.42. The number of hydrogen-bond acceptors (Lipinski definition) is 5. The third kappa shape index (κ3) is 3.88. The number of nitrogens with one attached hydrogen (secondary N) is 1. The van der Waals surface area contributed by atoms with Crippen molar-refractivity contribution in [3.05, 3.63) is 65.7 Å². The molecule has 6 heteroatoms. The monoisotopic (exact) mass is 404 g/mol. The molecule has 1 aromatic heterocycles. The van der Waals surface area contributed by atoms with Gasteiger partial charge in [0.15, 0.2) is 0 Å². The van der Waals surface area contributed by atoms with Crippen LogP contribution >= 0.6 is 0 Å². The molecule has 1 aliphatic heterocycles. The summed E-state index contributed by atoms with van der Waals surface area (Å²) in [4.78, 5) is 21.7. The zero-order chi connectivity index (χ0) is 21.3. The van der Waals surface area contributed by atoms with E-state index in [2.05, 4.69) is 10.2 Å². The second-order valence-corrected chi connectivity index (χ2v) is 8.04. The Bertz CT molecular complexity index is 1050. The molecule has 0 saturated carbocycles. The molecule has 0 spiro atoms. The number of anilines is 2. The molecule has 2 N–H and O–H groups in total. The number of aromatic nitrogens is 1. The smallest absolute Gasteiger partial charge is 0.238 e. The molecule has 156 valence electrons. The van der Waals surface area contributed by atoms with Crippen molar-refractivity contribution in [3.63, 3.8) is 0 Å². The fraction of sp³-hybridized carbons (Fsp3) is 0.333. The largest absolute Gasteiger partial charge is 0.387 e. The summed E-state index contributed by atoms with van der Waals surface area (Å²) in [6.45, 7) is 3.01. The van der Waals surface area contributed by atoms with E-state index in [9.17, 15) is 9.90 Å². The molecule has 0 unspecified atom stereocenters. The molecule has 0 fully saturated rings. The van der Waals surface area contributed by atoms with Crippen molar-refractivity contribution in [2.45, 2.75) is 25.5 Å². The van der Waals surface area contributed by atoms with E-state index in [4.69, 9.17) is 4.98 Å². The number of hydrogen-bond donors (Lipinski definition) is 2. The Hall–Kier alpha value is -2.96. The fourth-order valence-electron chi connectivity index (χ4n) is 4.04. The van der Waals surface area contributed by atoms with E-state index < -0.39 is 6.10 Å². The number of fused-ring (bicyclic) bond motifs is 2. The van der Waals surface area contributed by atoms with Gasteiger partial charge in [0.2, 0.25) is 5.91 Å². The second-order valence-electron chi connectivity index (χ2n) is 8.04. The number of nitrogens with zero attached hydrogens (tertiary/aromatic N) is 3. The van der Waals surface area contributed by atoms with E-state index in [0.717, 1.165) is 46.5 Å². The number of aliphatic hydroxyl groups excluding tert-OH is 1. The van der Waals surface area contributed by atoms with E-state index in [1.54, 1.807) is 0 Å². The Labute approximate surface area is 177 Å². The van der Waals surface area contributed by atoms with Gasteiger partial charge in [-0.25, -0.2) is 4.98 Å². The van der Waals surface area contributed by atoms with Crippen LogP contribution in [0.1, 0.15) is 24.2 Å². The fourth-order valence-corrected chi connectivity index (χ4v) is 4.04. The van der Waals surface area contributed by atoms with Crippen LogP contribution in [0.15, 0.2) is 54.6 Å². The van der Waals surface area contributed by atoms with Gasteiger partial charge in [-0.05, 0) is 32.0 Å². The first-order chi connectivity index (χ1) is 14.5. The average molecular weight is 405 g/mol. The van der Waals surface area contributed by atoms with Crippen LogP contribution in [0.4, 0.5) is 11.5 Å². The van der Waals surface area contributed by atoms with Gasteiger partial charge in [0.05, 0.1) is 23.9 Å². The van der Waals surface area contributed by atoms with Crippen molar-refractivity contribution in [3.8, 4) is 0 Å². The molecule has 2 heterocycles. The highest BCUT2D eigenvalue weighted by Gasteiger charge is 2.26. The number of carbonyl (C=O) groups excluding carboxylic acids is 1. The maximum atomic E-state index is 12.9. The molecule has 2 atom stereocenters. The van der Waals surface area contributed by atoms with Crippen molar-refractivity contribution in [2.24, 2.45) is 0 Å². The van der Waals surface area contributed by atoms with Gasteiger partial charge < -0.3 is 15.3 Å². The van der Waals surface area contributed by atoms with Crippen LogP contribution < -0.4 is 10.2 Å². The number of amides is 1. The van der Waals surface area contributed by atoms with E-state index in [1.807, 2.05) is 80.5 Å². The number of rotatable bonds is 6. The van der Waals surface area contributed by atoms with Crippen LogP contribution in [0, 0.1) is 0 Å². The van der Waals surface area contributed by atoms with Gasteiger partial charge in [-0.2, -0.15) is 0 Å². The van der Waals surface area contributed by atoms with E-state index in [-0.39, 0.29) is 18.5 Å². The number of para-hydroxylation sites is 1. The Morgan fingerprint density at radius 1 is 1.20 bits per heavy atom. The van der Waals surface area contributed by atoms with Crippen LogP contribution in [0.2, 0.25) is 0 Å². The minimum atomic E-state index is -0.663. The van der Waals surface area contributed by atoms with E-state index in [1.165, 1.54) is 0 Å². The summed E-state index contributed by atoms with van der Waals surface area (Å²) in [6, 6.07) is 17.2. The van der Waals surface area contributed by atoms with Crippen LogP contribution in [-0.4, -0.2) is 54.1 Å². The van der Waals surface area contributed by atoms with Gasteiger partial charge in [0.1, 0.15) is 5.82 Å². The summed E-state index contributed by atoms with van der Waals surface area (Å²) in [7, 11) is 3.89. The molecule has 1 amide bonds. The average Bonchev–Trinajstić information content (AvgIpc) is 3.13. The Kier molecular flexibility index (Phi) is 5.70. The highest BCUT2D eigenvalue weighted by atomic mass is 16.3. The maximum absolute atomic E-state index is 12.9. The molecule has 6 nitrogen and oxygen atoms in total. The normalized spacial score (nSPS) is 15.3. The number of benzene rings is 2. The summed E-state index contributed by atoms with van der Waals surface area (Å²) < 4.78 is 0. The first-order valence-corrected chi connectivity index (χ1v) is 10.3. The lowest BCUT2D eigenvalue weighted by Gasteiger charge is -2.28. The third-order valence-electron chi connectivity index (χ3n) is 5.98. The Morgan fingerprint density at radius 3 is 2.67 bits per heavy atom. The number of pyridine rings is 1. The molecule has 2 aromatic carbocycles. The summed E-state index contributed by atoms with van der Waals surface area (Å²) in [5, 5.41) is 14.8. The number of likely N-dealkylation sites (N-methyl/N-ethyl adjacent to an activating group) is 2. The SMILES string of the molecule is C[C@H]([C@@H](O)c1ccccc1)N(C)CC(=O)Nc1c2c(nc3ccccc13)N(C)CC2. The predicted molar refractivity (Wildman–Crippen MR) is 121 cm³/mol. The molecular weight excluding hydrogens is 376 g/mol. The zero-order valence-corrected chi connectivity index (χ0v) is 17.7. The molecule has 0 radical (unpaired) electrons. The van der Waals surface area contributed by atoms with Crippen molar-refractivity contribution in [2.75, 3.05) is 37.4 Å². The molecule has 1 aliphatic rings. The predicted octanol–water partition coefficient (Wildman–Crippen LogP) is 3.22. The quantitative estimate of drug-likeness (QED) is 0.660. The summed E-state index contributed by atoms with van der Waals surface area (Å²) in [6.07, 6.45) is 0.196. The van der Waals surface area contributed by atoms with Crippen molar-refractivity contribution in [1.29, 1.82) is 0 Å². The van der Waals surface area contributed by atoms with Gasteiger partial charge in [-0.15, -0.1) is 0 Å². The molecular formula is C24H28N4O2. The summed E-state index contributed by atoms with van der Waals surface area (Å²) in [5.41, 5.74) is 3.67. The standard InChI is InChI=1S/C24H28N4O2/c1-16(23(30)17-9-5-4-6-10-17)28(3)15-21(29)26-22-18-11-7-8-12-20(18)25-24-19(22)13-14-27(24)2/h4-12,16,23,30H,13-15H2,1-3H3,(H,25,26,29)/t16-,23-/m1/s1. The lowest BCUT2D eigenvalue weighted by Crippen LogP contribution is -2.39. The molecule has 0 bridgehead atoms. The maximum Gasteiger partial charge on any atom is 0.238 e. The minimum Gasteiger partial charge on any atom is -0.387 e. The molecule has 0 aliphatic carbocycles. The Balaban J connectivity index is 1.53. The van der Waals surface area contributed by atoms with Crippen molar-refractivity contribution < 1.29 is 9.90 Å². The highest BCUT2D eigenvalue weighted by molar-refractivity contribution is 6.04. The first-order valence-electron chi connectivity index (χ1n) is 10.3. The summed E-state index contributed by atoms with van der Waals surface area (Å²) >= 11 is 0. The zero-order valence-electron chi connectivity index (χ0n) is 17.7. The van der Waals surface area contributed by atoms with Crippen molar-refractivity contribution >= 4 is 28.3 Å². The lowest BCUT2D eigenvalue weighted by atomic mass is 10.0. The number of carbonyl (C=O) groups is 1. The van der Waals surface area contributed by atoms with Crippen LogP contribution in [0.25, 0.3) is 10.9 Å². The molecule has 3 aromatic rings. The highest BCUT2D eigenvalue weighted by Crippen LogP contribution is 2.36. The summed E-state index contributed by atoms with van der Waals surface area (Å²) in [5.74, 6) is 0.836.